The molecular formula is C11H14FNO. The van der Waals surface area contributed by atoms with Gasteiger partial charge in [0.1, 0.15) is 6.17 Å². The zero-order valence-electron chi connectivity index (χ0n) is 8.16. The molecule has 76 valence electrons. The molecule has 0 saturated carbocycles. The van der Waals surface area contributed by atoms with Gasteiger partial charge in [-0.25, -0.2) is 4.39 Å². The molecule has 0 aliphatic heterocycles. The molecule has 1 amide bonds. The smallest absolute Gasteiger partial charge is 0.207 e. The fraction of sp³-hybridized carbons (Fsp3) is 0.364. The minimum atomic E-state index is -0.886. The molecular weight excluding hydrogens is 181 g/mol. The van der Waals surface area contributed by atoms with Gasteiger partial charge in [-0.2, -0.15) is 0 Å². The van der Waals surface area contributed by atoms with Gasteiger partial charge in [-0.3, -0.25) is 4.79 Å². The molecule has 1 aromatic carbocycles. The maximum absolute atomic E-state index is 13.2. The number of rotatable bonds is 5. The van der Waals surface area contributed by atoms with E-state index in [4.69, 9.17) is 0 Å². The van der Waals surface area contributed by atoms with Gasteiger partial charge in [0.2, 0.25) is 6.41 Å². The summed E-state index contributed by atoms with van der Waals surface area (Å²) in [6.45, 7) is 2.30. The van der Waals surface area contributed by atoms with Gasteiger partial charge in [-0.15, -0.1) is 0 Å². The fourth-order valence-corrected chi connectivity index (χ4v) is 1.24. The van der Waals surface area contributed by atoms with E-state index < -0.39 is 6.17 Å². The Balaban J connectivity index is 2.63. The van der Waals surface area contributed by atoms with Crippen molar-refractivity contribution < 1.29 is 9.18 Å². The molecule has 1 N–H and O–H groups in total. The number of hydrogen-bond acceptors (Lipinski definition) is 1. The lowest BCUT2D eigenvalue weighted by Gasteiger charge is -2.06. The number of amides is 1. The Hall–Kier alpha value is -1.38. The molecule has 0 radical (unpaired) electrons. The lowest BCUT2D eigenvalue weighted by atomic mass is 10.1. The van der Waals surface area contributed by atoms with E-state index in [0.717, 1.165) is 5.56 Å². The normalized spacial score (nSPS) is 12.1. The maximum atomic E-state index is 13.2. The van der Waals surface area contributed by atoms with Crippen LogP contribution in [0, 0.1) is 0 Å². The minimum Gasteiger partial charge on any atom is -0.355 e. The van der Waals surface area contributed by atoms with E-state index >= 15 is 0 Å². The molecule has 0 saturated heterocycles. The molecule has 0 aliphatic rings. The van der Waals surface area contributed by atoms with Crippen LogP contribution >= 0.6 is 0 Å². The van der Waals surface area contributed by atoms with Gasteiger partial charge in [0.25, 0.3) is 0 Å². The largest absolute Gasteiger partial charge is 0.355 e. The van der Waals surface area contributed by atoms with E-state index in [1.807, 2.05) is 19.1 Å². The quantitative estimate of drug-likeness (QED) is 0.718. The number of benzene rings is 1. The van der Waals surface area contributed by atoms with Crippen molar-refractivity contribution in [1.29, 1.82) is 0 Å². The molecule has 0 spiro atoms. The van der Waals surface area contributed by atoms with Crippen molar-refractivity contribution in [3.63, 3.8) is 0 Å². The highest BCUT2D eigenvalue weighted by Crippen LogP contribution is 2.20. The van der Waals surface area contributed by atoms with E-state index in [1.165, 1.54) is 0 Å². The van der Waals surface area contributed by atoms with Crippen molar-refractivity contribution in [2.24, 2.45) is 0 Å². The van der Waals surface area contributed by atoms with Crippen LogP contribution in [0.1, 0.15) is 30.6 Å². The minimum absolute atomic E-state index is 0.492. The Morgan fingerprint density at radius 2 is 2.07 bits per heavy atom. The SMILES string of the molecule is CCC(F)c1ccc(CNC=O)cc1. The van der Waals surface area contributed by atoms with Crippen molar-refractivity contribution in [2.45, 2.75) is 26.1 Å². The van der Waals surface area contributed by atoms with Gasteiger partial charge < -0.3 is 5.32 Å². The zero-order valence-corrected chi connectivity index (χ0v) is 8.16. The van der Waals surface area contributed by atoms with Crippen LogP contribution in [-0.2, 0) is 11.3 Å². The van der Waals surface area contributed by atoms with Gasteiger partial charge in [-0.05, 0) is 17.5 Å². The molecule has 0 bridgehead atoms. The second-order valence-corrected chi connectivity index (χ2v) is 3.12. The molecule has 0 aliphatic carbocycles. The summed E-state index contributed by atoms with van der Waals surface area (Å²) in [6.07, 6.45) is 0.257. The monoisotopic (exact) mass is 195 g/mol. The number of hydrogen-bond donors (Lipinski definition) is 1. The summed E-state index contributed by atoms with van der Waals surface area (Å²) in [6, 6.07) is 7.17. The molecule has 0 aromatic heterocycles. The molecule has 2 nitrogen and oxygen atoms in total. The number of carbonyl (C=O) groups is 1. The molecule has 0 fully saturated rings. The van der Waals surface area contributed by atoms with Crippen molar-refractivity contribution in [3.05, 3.63) is 35.4 Å². The Morgan fingerprint density at radius 3 is 2.57 bits per heavy atom. The molecule has 1 atom stereocenters. The molecule has 1 unspecified atom stereocenters. The van der Waals surface area contributed by atoms with Gasteiger partial charge in [-0.1, -0.05) is 31.2 Å². The van der Waals surface area contributed by atoms with Gasteiger partial charge >= 0.3 is 0 Å². The maximum Gasteiger partial charge on any atom is 0.207 e. The Bertz CT molecular complexity index is 284. The molecule has 1 rings (SSSR count). The first-order valence-electron chi connectivity index (χ1n) is 4.68. The predicted molar refractivity (Wildman–Crippen MR) is 53.5 cm³/mol. The van der Waals surface area contributed by atoms with E-state index in [0.29, 0.717) is 24.9 Å². The third-order valence-corrected chi connectivity index (χ3v) is 2.09. The summed E-state index contributed by atoms with van der Waals surface area (Å²) in [5, 5.41) is 2.55. The Labute approximate surface area is 83.1 Å². The predicted octanol–water partition coefficient (Wildman–Crippen LogP) is 2.35. The van der Waals surface area contributed by atoms with Gasteiger partial charge in [0.05, 0.1) is 0 Å². The summed E-state index contributed by atoms with van der Waals surface area (Å²) in [5.41, 5.74) is 1.67. The van der Waals surface area contributed by atoms with Crippen LogP contribution in [0.15, 0.2) is 24.3 Å². The van der Waals surface area contributed by atoms with Crippen molar-refractivity contribution in [1.82, 2.24) is 5.32 Å². The summed E-state index contributed by atoms with van der Waals surface area (Å²) in [7, 11) is 0. The lowest BCUT2D eigenvalue weighted by molar-refractivity contribution is -0.109. The van der Waals surface area contributed by atoms with Crippen LogP contribution < -0.4 is 5.32 Å². The van der Waals surface area contributed by atoms with Gasteiger partial charge in [0.15, 0.2) is 0 Å². The molecule has 0 heterocycles. The summed E-state index contributed by atoms with van der Waals surface area (Å²) >= 11 is 0. The second kappa shape index (κ2) is 5.37. The highest BCUT2D eigenvalue weighted by Gasteiger charge is 2.05. The zero-order chi connectivity index (χ0) is 10.4. The first-order valence-corrected chi connectivity index (χ1v) is 4.68. The number of nitrogens with one attached hydrogen (secondary N) is 1. The molecule has 14 heavy (non-hydrogen) atoms. The highest BCUT2D eigenvalue weighted by molar-refractivity contribution is 5.46. The lowest BCUT2D eigenvalue weighted by Crippen LogP contribution is -2.09. The summed E-state index contributed by atoms with van der Waals surface area (Å²) in [5.74, 6) is 0. The summed E-state index contributed by atoms with van der Waals surface area (Å²) < 4.78 is 13.2. The third-order valence-electron chi connectivity index (χ3n) is 2.09. The second-order valence-electron chi connectivity index (χ2n) is 3.12. The average molecular weight is 195 g/mol. The first kappa shape index (κ1) is 10.7. The number of carbonyl (C=O) groups excluding carboxylic acids is 1. The van der Waals surface area contributed by atoms with E-state index in [1.54, 1.807) is 12.1 Å². The van der Waals surface area contributed by atoms with Crippen LogP contribution in [0.4, 0.5) is 4.39 Å². The summed E-state index contributed by atoms with van der Waals surface area (Å²) in [4.78, 5) is 10.0. The Morgan fingerprint density at radius 1 is 1.43 bits per heavy atom. The van der Waals surface area contributed by atoms with Crippen molar-refractivity contribution >= 4 is 6.41 Å². The van der Waals surface area contributed by atoms with Crippen LogP contribution in [0.2, 0.25) is 0 Å². The van der Waals surface area contributed by atoms with Crippen LogP contribution in [-0.4, -0.2) is 6.41 Å². The average Bonchev–Trinajstić information content (AvgIpc) is 2.26. The first-order chi connectivity index (χ1) is 6.77. The standard InChI is InChI=1S/C11H14FNO/c1-2-11(12)10-5-3-9(4-6-10)7-13-8-14/h3-6,8,11H,2,7H2,1H3,(H,13,14). The van der Waals surface area contributed by atoms with Crippen LogP contribution in [0.3, 0.4) is 0 Å². The van der Waals surface area contributed by atoms with Gasteiger partial charge in [0, 0.05) is 6.54 Å². The highest BCUT2D eigenvalue weighted by atomic mass is 19.1. The van der Waals surface area contributed by atoms with Crippen LogP contribution in [0.5, 0.6) is 0 Å². The number of alkyl halides is 1. The third kappa shape index (κ3) is 2.83. The number of halogens is 1. The fourth-order valence-electron chi connectivity index (χ4n) is 1.24. The van der Waals surface area contributed by atoms with Crippen molar-refractivity contribution in [2.75, 3.05) is 0 Å². The van der Waals surface area contributed by atoms with E-state index in [9.17, 15) is 9.18 Å². The van der Waals surface area contributed by atoms with Crippen molar-refractivity contribution in [3.8, 4) is 0 Å². The Kier molecular flexibility index (Phi) is 4.11. The topological polar surface area (TPSA) is 29.1 Å². The van der Waals surface area contributed by atoms with Crippen LogP contribution in [0.25, 0.3) is 0 Å². The molecule has 1 aromatic rings. The molecule has 3 heteroatoms. The van der Waals surface area contributed by atoms with E-state index in [2.05, 4.69) is 5.32 Å². The van der Waals surface area contributed by atoms with E-state index in [-0.39, 0.29) is 0 Å².